The smallest absolute Gasteiger partial charge is 0.225 e. The maximum atomic E-state index is 12.5. The number of halogens is 1. The van der Waals surface area contributed by atoms with E-state index in [1.165, 1.54) is 19.3 Å². The van der Waals surface area contributed by atoms with Crippen LogP contribution >= 0.6 is 12.4 Å². The predicted molar refractivity (Wildman–Crippen MR) is 87.9 cm³/mol. The van der Waals surface area contributed by atoms with E-state index in [4.69, 9.17) is 0 Å². The summed E-state index contributed by atoms with van der Waals surface area (Å²) in [5.74, 6) is 0.853. The third-order valence-corrected chi connectivity index (χ3v) is 5.23. The summed E-state index contributed by atoms with van der Waals surface area (Å²) in [7, 11) is 0. The molecule has 22 heavy (non-hydrogen) atoms. The molecule has 0 aromatic rings. The van der Waals surface area contributed by atoms with E-state index in [9.17, 15) is 9.59 Å². The van der Waals surface area contributed by atoms with Gasteiger partial charge in [-0.1, -0.05) is 19.3 Å². The lowest BCUT2D eigenvalue weighted by Gasteiger charge is -2.26. The molecular formula is C16H28ClN3O2. The van der Waals surface area contributed by atoms with E-state index >= 15 is 0 Å². The van der Waals surface area contributed by atoms with Crippen molar-refractivity contribution in [3.8, 4) is 0 Å². The zero-order valence-corrected chi connectivity index (χ0v) is 14.0. The molecule has 3 rings (SSSR count). The molecule has 2 saturated heterocycles. The first kappa shape index (κ1) is 17.5. The fraction of sp³-hybridized carbons (Fsp3) is 0.875. The Morgan fingerprint density at radius 3 is 2.45 bits per heavy atom. The number of nitrogens with zero attached hydrogens (tertiary/aromatic N) is 1. The Kier molecular flexibility index (Phi) is 6.50. The van der Waals surface area contributed by atoms with Gasteiger partial charge < -0.3 is 15.5 Å². The van der Waals surface area contributed by atoms with Crippen LogP contribution in [0.25, 0.3) is 0 Å². The Morgan fingerprint density at radius 1 is 1.00 bits per heavy atom. The normalized spacial score (nSPS) is 29.2. The molecule has 2 N–H and O–H groups in total. The van der Waals surface area contributed by atoms with Crippen molar-refractivity contribution in [3.05, 3.63) is 0 Å². The van der Waals surface area contributed by atoms with Crippen LogP contribution in [-0.2, 0) is 9.59 Å². The molecule has 3 fully saturated rings. The largest absolute Gasteiger partial charge is 0.351 e. The van der Waals surface area contributed by atoms with E-state index in [1.54, 1.807) is 0 Å². The molecule has 1 aliphatic carbocycles. The number of rotatable bonds is 3. The van der Waals surface area contributed by atoms with Gasteiger partial charge in [-0.3, -0.25) is 9.59 Å². The highest BCUT2D eigenvalue weighted by atomic mass is 35.5. The maximum Gasteiger partial charge on any atom is 0.225 e. The molecular weight excluding hydrogens is 302 g/mol. The second kappa shape index (κ2) is 8.16. The standard InChI is InChI=1S/C16H27N3O2.ClH/c20-15(13-6-8-17-10-13)18-14-7-9-19(11-14)16(21)12-4-2-1-3-5-12;/h12-14,17H,1-11H2,(H,18,20);1H. The molecule has 5 nitrogen and oxygen atoms in total. The monoisotopic (exact) mass is 329 g/mol. The van der Waals surface area contributed by atoms with Gasteiger partial charge in [-0.05, 0) is 32.2 Å². The van der Waals surface area contributed by atoms with Crippen LogP contribution in [0.15, 0.2) is 0 Å². The minimum atomic E-state index is 0. The first-order valence-electron chi connectivity index (χ1n) is 8.54. The number of nitrogens with one attached hydrogen (secondary N) is 2. The van der Waals surface area contributed by atoms with E-state index in [0.717, 1.165) is 45.3 Å². The minimum Gasteiger partial charge on any atom is -0.351 e. The Bertz CT molecular complexity index is 393. The van der Waals surface area contributed by atoms with Crippen LogP contribution in [0, 0.1) is 11.8 Å². The average molecular weight is 330 g/mol. The molecule has 3 aliphatic rings. The lowest BCUT2D eigenvalue weighted by atomic mass is 9.88. The van der Waals surface area contributed by atoms with Crippen molar-refractivity contribution in [2.45, 2.75) is 51.0 Å². The van der Waals surface area contributed by atoms with Gasteiger partial charge in [0.15, 0.2) is 0 Å². The molecule has 6 heteroatoms. The van der Waals surface area contributed by atoms with Crippen LogP contribution in [0.5, 0.6) is 0 Å². The van der Waals surface area contributed by atoms with Gasteiger partial charge >= 0.3 is 0 Å². The summed E-state index contributed by atoms with van der Waals surface area (Å²) >= 11 is 0. The van der Waals surface area contributed by atoms with Crippen molar-refractivity contribution < 1.29 is 9.59 Å². The summed E-state index contributed by atoms with van der Waals surface area (Å²) in [6.45, 7) is 3.25. The maximum absolute atomic E-state index is 12.5. The first-order chi connectivity index (χ1) is 10.2. The van der Waals surface area contributed by atoms with E-state index in [1.807, 2.05) is 4.90 Å². The Balaban J connectivity index is 0.00000176. The third-order valence-electron chi connectivity index (χ3n) is 5.23. The van der Waals surface area contributed by atoms with Crippen molar-refractivity contribution in [2.24, 2.45) is 11.8 Å². The second-order valence-corrected chi connectivity index (χ2v) is 6.80. The van der Waals surface area contributed by atoms with Crippen molar-refractivity contribution >= 4 is 24.2 Å². The van der Waals surface area contributed by atoms with Gasteiger partial charge in [-0.15, -0.1) is 12.4 Å². The van der Waals surface area contributed by atoms with E-state index < -0.39 is 0 Å². The summed E-state index contributed by atoms with van der Waals surface area (Å²) < 4.78 is 0. The number of carbonyl (C=O) groups excluding carboxylic acids is 2. The van der Waals surface area contributed by atoms with Gasteiger partial charge in [0.2, 0.25) is 11.8 Å². The van der Waals surface area contributed by atoms with Crippen LogP contribution in [0.3, 0.4) is 0 Å². The van der Waals surface area contributed by atoms with Crippen molar-refractivity contribution in [1.29, 1.82) is 0 Å². The highest BCUT2D eigenvalue weighted by Gasteiger charge is 2.33. The van der Waals surface area contributed by atoms with Gasteiger partial charge in [0.05, 0.1) is 5.92 Å². The summed E-state index contributed by atoms with van der Waals surface area (Å²) in [6, 6.07) is 0.158. The quantitative estimate of drug-likeness (QED) is 0.821. The number of likely N-dealkylation sites (tertiary alicyclic amines) is 1. The zero-order valence-electron chi connectivity index (χ0n) is 13.2. The molecule has 0 aromatic carbocycles. The van der Waals surface area contributed by atoms with Crippen molar-refractivity contribution in [2.75, 3.05) is 26.2 Å². The Labute approximate surface area is 139 Å². The molecule has 2 aliphatic heterocycles. The van der Waals surface area contributed by atoms with E-state index in [0.29, 0.717) is 12.5 Å². The fourth-order valence-corrected chi connectivity index (χ4v) is 3.88. The van der Waals surface area contributed by atoms with Crippen LogP contribution in [0.4, 0.5) is 0 Å². The lowest BCUT2D eigenvalue weighted by Crippen LogP contribution is -2.42. The van der Waals surface area contributed by atoms with Gasteiger partial charge in [-0.25, -0.2) is 0 Å². The number of amides is 2. The van der Waals surface area contributed by atoms with Crippen LogP contribution in [0.1, 0.15) is 44.9 Å². The fourth-order valence-electron chi connectivity index (χ4n) is 3.88. The molecule has 0 radical (unpaired) electrons. The molecule has 2 amide bonds. The topological polar surface area (TPSA) is 61.4 Å². The Morgan fingerprint density at radius 2 is 1.77 bits per heavy atom. The van der Waals surface area contributed by atoms with Gasteiger partial charge in [0.25, 0.3) is 0 Å². The van der Waals surface area contributed by atoms with Gasteiger partial charge in [0, 0.05) is 31.6 Å². The van der Waals surface area contributed by atoms with E-state index in [-0.39, 0.29) is 36.2 Å². The SMILES string of the molecule is Cl.O=C(NC1CCN(C(=O)C2CCCCC2)C1)C1CCNC1. The molecule has 2 atom stereocenters. The van der Waals surface area contributed by atoms with Crippen molar-refractivity contribution in [1.82, 2.24) is 15.5 Å². The minimum absolute atomic E-state index is 0. The van der Waals surface area contributed by atoms with Crippen LogP contribution < -0.4 is 10.6 Å². The molecule has 2 heterocycles. The van der Waals surface area contributed by atoms with Gasteiger partial charge in [0.1, 0.15) is 0 Å². The predicted octanol–water partition coefficient (Wildman–Crippen LogP) is 1.32. The molecule has 0 spiro atoms. The molecule has 126 valence electrons. The average Bonchev–Trinajstić information content (AvgIpc) is 3.19. The molecule has 1 saturated carbocycles. The van der Waals surface area contributed by atoms with Gasteiger partial charge in [-0.2, -0.15) is 0 Å². The first-order valence-corrected chi connectivity index (χ1v) is 8.54. The highest BCUT2D eigenvalue weighted by Crippen LogP contribution is 2.26. The Hall–Kier alpha value is -0.810. The molecule has 2 unspecified atom stereocenters. The highest BCUT2D eigenvalue weighted by molar-refractivity contribution is 5.85. The van der Waals surface area contributed by atoms with Crippen LogP contribution in [0.2, 0.25) is 0 Å². The summed E-state index contributed by atoms with van der Waals surface area (Å²) in [5, 5.41) is 6.36. The summed E-state index contributed by atoms with van der Waals surface area (Å²) in [6.07, 6.45) is 7.61. The van der Waals surface area contributed by atoms with Crippen molar-refractivity contribution in [3.63, 3.8) is 0 Å². The van der Waals surface area contributed by atoms with Crippen LogP contribution in [-0.4, -0.2) is 48.9 Å². The number of hydrogen-bond donors (Lipinski definition) is 2. The second-order valence-electron chi connectivity index (χ2n) is 6.80. The summed E-state index contributed by atoms with van der Waals surface area (Å²) in [5.41, 5.74) is 0. The number of hydrogen-bond acceptors (Lipinski definition) is 3. The van der Waals surface area contributed by atoms with E-state index in [2.05, 4.69) is 10.6 Å². The summed E-state index contributed by atoms with van der Waals surface area (Å²) in [4.78, 5) is 26.6. The number of carbonyl (C=O) groups is 2. The third kappa shape index (κ3) is 4.13. The lowest BCUT2D eigenvalue weighted by molar-refractivity contribution is -0.135. The zero-order chi connectivity index (χ0) is 14.7. The molecule has 0 aromatic heterocycles. The molecule has 0 bridgehead atoms.